The van der Waals surface area contributed by atoms with Crippen LogP contribution >= 0.6 is 11.6 Å². The van der Waals surface area contributed by atoms with E-state index in [9.17, 15) is 9.59 Å². The van der Waals surface area contributed by atoms with Gasteiger partial charge in [0.15, 0.2) is 5.78 Å². The van der Waals surface area contributed by atoms with E-state index in [1.54, 1.807) is 12.1 Å². The molecule has 0 bridgehead atoms. The average Bonchev–Trinajstić information content (AvgIpc) is 2.15. The number of Topliss-reactive ketones (excluding diaryl/α,β-unsaturated/α-hetero) is 1. The Morgan fingerprint density at radius 2 is 1.75 bits per heavy atom. The average molecular weight is 240 g/mol. The first-order valence-electron chi connectivity index (χ1n) is 4.93. The summed E-state index contributed by atoms with van der Waals surface area (Å²) in [6.45, 7) is 5.11. The molecule has 0 saturated carbocycles. The number of aryl methyl sites for hydroxylation is 2. The van der Waals surface area contributed by atoms with Crippen molar-refractivity contribution in [2.45, 2.75) is 20.8 Å². The van der Waals surface area contributed by atoms with Gasteiger partial charge in [0.2, 0.25) is 5.91 Å². The zero-order chi connectivity index (χ0) is 12.3. The third-order valence-electron chi connectivity index (χ3n) is 2.25. The normalized spacial score (nSPS) is 10.0. The van der Waals surface area contributed by atoms with E-state index in [-0.39, 0.29) is 17.6 Å². The molecule has 0 radical (unpaired) electrons. The van der Waals surface area contributed by atoms with Crippen molar-refractivity contribution in [3.8, 4) is 0 Å². The molecule has 0 aromatic heterocycles. The number of ketones is 1. The van der Waals surface area contributed by atoms with Crippen molar-refractivity contribution < 1.29 is 9.59 Å². The molecule has 1 rings (SSSR count). The van der Waals surface area contributed by atoms with Crippen LogP contribution in [0.2, 0.25) is 0 Å². The van der Waals surface area contributed by atoms with E-state index in [1.165, 1.54) is 6.92 Å². The van der Waals surface area contributed by atoms with E-state index < -0.39 is 0 Å². The van der Waals surface area contributed by atoms with Crippen LogP contribution in [0.15, 0.2) is 12.1 Å². The maximum atomic E-state index is 11.6. The van der Waals surface area contributed by atoms with Crippen LogP contribution in [-0.4, -0.2) is 17.6 Å². The lowest BCUT2D eigenvalue weighted by atomic mass is 9.99. The molecule has 0 aliphatic rings. The molecule has 1 aromatic rings. The quantitative estimate of drug-likeness (QED) is 0.651. The third kappa shape index (κ3) is 2.83. The molecule has 86 valence electrons. The minimum Gasteiger partial charge on any atom is -0.326 e. The third-order valence-corrected chi connectivity index (χ3v) is 2.50. The largest absolute Gasteiger partial charge is 0.326 e. The number of hydrogen-bond donors (Lipinski definition) is 1. The van der Waals surface area contributed by atoms with Gasteiger partial charge < -0.3 is 5.32 Å². The molecule has 16 heavy (non-hydrogen) atoms. The summed E-state index contributed by atoms with van der Waals surface area (Å²) in [5.41, 5.74) is 3.00. The van der Waals surface area contributed by atoms with Crippen molar-refractivity contribution in [1.82, 2.24) is 0 Å². The lowest BCUT2D eigenvalue weighted by Crippen LogP contribution is -2.10. The summed E-state index contributed by atoms with van der Waals surface area (Å²) in [5, 5.41) is 2.69. The molecule has 0 aliphatic heterocycles. The Balaban J connectivity index is 3.17. The zero-order valence-corrected chi connectivity index (χ0v) is 10.3. The predicted molar refractivity (Wildman–Crippen MR) is 65.3 cm³/mol. The molecule has 1 amide bonds. The topological polar surface area (TPSA) is 46.2 Å². The molecule has 0 unspecified atom stereocenters. The first-order valence-corrected chi connectivity index (χ1v) is 5.47. The number of alkyl halides is 1. The maximum Gasteiger partial charge on any atom is 0.221 e. The minimum absolute atomic E-state index is 0.0266. The molecule has 0 aliphatic carbocycles. The summed E-state index contributed by atoms with van der Waals surface area (Å²) in [5.74, 6) is -0.248. The molecular weight excluding hydrogens is 226 g/mol. The summed E-state index contributed by atoms with van der Waals surface area (Å²) >= 11 is 5.54. The molecule has 0 spiro atoms. The van der Waals surface area contributed by atoms with Crippen LogP contribution < -0.4 is 5.32 Å². The highest BCUT2D eigenvalue weighted by molar-refractivity contribution is 6.30. The number of halogens is 1. The van der Waals surface area contributed by atoms with Crippen molar-refractivity contribution in [2.75, 3.05) is 11.2 Å². The van der Waals surface area contributed by atoms with E-state index in [1.807, 2.05) is 13.8 Å². The Labute approximate surface area is 99.8 Å². The van der Waals surface area contributed by atoms with Crippen LogP contribution in [0.1, 0.15) is 28.4 Å². The van der Waals surface area contributed by atoms with Crippen molar-refractivity contribution in [3.63, 3.8) is 0 Å². The number of anilines is 1. The van der Waals surface area contributed by atoms with Gasteiger partial charge in [-0.3, -0.25) is 9.59 Å². The Morgan fingerprint density at radius 1 is 1.25 bits per heavy atom. The van der Waals surface area contributed by atoms with Crippen LogP contribution in [0, 0.1) is 13.8 Å². The second-order valence-corrected chi connectivity index (χ2v) is 3.99. The van der Waals surface area contributed by atoms with Gasteiger partial charge in [0.05, 0.1) is 5.88 Å². The maximum absolute atomic E-state index is 11.6. The Bertz CT molecular complexity index is 418. The van der Waals surface area contributed by atoms with E-state index in [0.717, 1.165) is 11.1 Å². The molecule has 0 saturated heterocycles. The smallest absolute Gasteiger partial charge is 0.221 e. The lowest BCUT2D eigenvalue weighted by molar-refractivity contribution is -0.114. The van der Waals surface area contributed by atoms with Crippen molar-refractivity contribution in [1.29, 1.82) is 0 Å². The first-order chi connectivity index (χ1) is 7.45. The van der Waals surface area contributed by atoms with Gasteiger partial charge in [0.1, 0.15) is 0 Å². The second-order valence-electron chi connectivity index (χ2n) is 3.72. The minimum atomic E-state index is -0.129. The SMILES string of the molecule is CC(=O)Nc1cc(C)c(C(=O)CCl)c(C)c1. The van der Waals surface area contributed by atoms with Gasteiger partial charge in [0.25, 0.3) is 0 Å². The summed E-state index contributed by atoms with van der Waals surface area (Å²) in [6.07, 6.45) is 0. The van der Waals surface area contributed by atoms with E-state index in [0.29, 0.717) is 11.3 Å². The van der Waals surface area contributed by atoms with E-state index in [4.69, 9.17) is 11.6 Å². The van der Waals surface area contributed by atoms with Gasteiger partial charge in [-0.25, -0.2) is 0 Å². The Hall–Kier alpha value is -1.35. The van der Waals surface area contributed by atoms with Gasteiger partial charge in [0, 0.05) is 18.2 Å². The summed E-state index contributed by atoms with van der Waals surface area (Å²) in [6, 6.07) is 3.54. The summed E-state index contributed by atoms with van der Waals surface area (Å²) < 4.78 is 0. The van der Waals surface area contributed by atoms with Crippen molar-refractivity contribution in [3.05, 3.63) is 28.8 Å². The monoisotopic (exact) mass is 239 g/mol. The number of carbonyl (C=O) groups excluding carboxylic acids is 2. The van der Waals surface area contributed by atoms with Crippen molar-refractivity contribution in [2.24, 2.45) is 0 Å². The predicted octanol–water partition coefficient (Wildman–Crippen LogP) is 2.68. The number of rotatable bonds is 3. The molecular formula is C12H14ClNO2. The fourth-order valence-corrected chi connectivity index (χ4v) is 1.88. The molecule has 1 aromatic carbocycles. The fraction of sp³-hybridized carbons (Fsp3) is 0.333. The fourth-order valence-electron chi connectivity index (χ4n) is 1.75. The van der Waals surface area contributed by atoms with Crippen LogP contribution in [0.3, 0.4) is 0 Å². The van der Waals surface area contributed by atoms with Gasteiger partial charge >= 0.3 is 0 Å². The molecule has 0 fully saturated rings. The van der Waals surface area contributed by atoms with E-state index in [2.05, 4.69) is 5.32 Å². The highest BCUT2D eigenvalue weighted by atomic mass is 35.5. The van der Waals surface area contributed by atoms with Gasteiger partial charge in [-0.1, -0.05) is 0 Å². The first kappa shape index (κ1) is 12.7. The highest BCUT2D eigenvalue weighted by Gasteiger charge is 2.12. The molecule has 0 atom stereocenters. The van der Waals surface area contributed by atoms with Crippen LogP contribution in [-0.2, 0) is 4.79 Å². The number of benzene rings is 1. The molecule has 1 N–H and O–H groups in total. The molecule has 3 nitrogen and oxygen atoms in total. The highest BCUT2D eigenvalue weighted by Crippen LogP contribution is 2.21. The second kappa shape index (κ2) is 5.12. The van der Waals surface area contributed by atoms with Gasteiger partial charge in [-0.05, 0) is 37.1 Å². The van der Waals surface area contributed by atoms with Crippen LogP contribution in [0.4, 0.5) is 5.69 Å². The van der Waals surface area contributed by atoms with Crippen LogP contribution in [0.5, 0.6) is 0 Å². The number of nitrogens with one attached hydrogen (secondary N) is 1. The number of amides is 1. The van der Waals surface area contributed by atoms with E-state index >= 15 is 0 Å². The van der Waals surface area contributed by atoms with Crippen molar-refractivity contribution >= 4 is 29.0 Å². The number of hydrogen-bond acceptors (Lipinski definition) is 2. The summed E-state index contributed by atoms with van der Waals surface area (Å²) in [4.78, 5) is 22.5. The Kier molecular flexibility index (Phi) is 4.07. The standard InChI is InChI=1S/C12H14ClNO2/c1-7-4-10(14-9(3)15)5-8(2)12(7)11(16)6-13/h4-5H,6H2,1-3H3,(H,14,15). The molecule has 4 heteroatoms. The van der Waals surface area contributed by atoms with Gasteiger partial charge in [-0.2, -0.15) is 0 Å². The summed E-state index contributed by atoms with van der Waals surface area (Å²) in [7, 11) is 0. The van der Waals surface area contributed by atoms with Gasteiger partial charge in [-0.15, -0.1) is 11.6 Å². The van der Waals surface area contributed by atoms with Crippen LogP contribution in [0.25, 0.3) is 0 Å². The molecule has 0 heterocycles. The lowest BCUT2D eigenvalue weighted by Gasteiger charge is -2.10. The Morgan fingerprint density at radius 3 is 2.12 bits per heavy atom. The zero-order valence-electron chi connectivity index (χ0n) is 9.56. The number of carbonyl (C=O) groups is 2.